The third-order valence-electron chi connectivity index (χ3n) is 3.08. The Balaban J connectivity index is 2.07. The summed E-state index contributed by atoms with van der Waals surface area (Å²) in [6.07, 6.45) is -2.74. The number of ether oxygens (including phenoxy) is 1. The van der Waals surface area contributed by atoms with Crippen LogP contribution < -0.4 is 4.74 Å². The van der Waals surface area contributed by atoms with Gasteiger partial charge >= 0.3 is 6.18 Å². The topological polar surface area (TPSA) is 12.2 Å². The third kappa shape index (κ3) is 2.27. The molecule has 2 nitrogen and oxygen atoms in total. The zero-order chi connectivity index (χ0) is 14.2. The number of hydrogen-bond acceptors (Lipinski definition) is 1. The standard InChI is InChI=1S/C15H11F3NO/c16-15(17,18)13-8-4-5-11-9-19(10-20-14(11)13)12-6-2-1-3-7-12/h1-9H,10H2/q+1. The van der Waals surface area contributed by atoms with Gasteiger partial charge in [0.15, 0.2) is 12.0 Å². The lowest BCUT2D eigenvalue weighted by Crippen LogP contribution is -2.23. The molecule has 3 rings (SSSR count). The van der Waals surface area contributed by atoms with Crippen molar-refractivity contribution in [1.82, 2.24) is 0 Å². The predicted molar refractivity (Wildman–Crippen MR) is 68.5 cm³/mol. The molecule has 2 aromatic carbocycles. The maximum absolute atomic E-state index is 12.9. The maximum Gasteiger partial charge on any atom is 0.419 e. The molecule has 102 valence electrons. The molecule has 0 atom stereocenters. The second-order valence-electron chi connectivity index (χ2n) is 4.43. The van der Waals surface area contributed by atoms with Crippen molar-refractivity contribution in [1.29, 1.82) is 0 Å². The van der Waals surface area contributed by atoms with Crippen LogP contribution >= 0.6 is 0 Å². The van der Waals surface area contributed by atoms with Crippen LogP contribution in [0.25, 0.3) is 0 Å². The van der Waals surface area contributed by atoms with Gasteiger partial charge in [-0.25, -0.2) is 0 Å². The Morgan fingerprint density at radius 2 is 1.70 bits per heavy atom. The van der Waals surface area contributed by atoms with E-state index in [9.17, 15) is 13.2 Å². The minimum absolute atomic E-state index is 0.0596. The predicted octanol–water partition coefficient (Wildman–Crippen LogP) is 3.82. The number of halogens is 3. The summed E-state index contributed by atoms with van der Waals surface area (Å²) in [5.41, 5.74) is 0.560. The van der Waals surface area contributed by atoms with Crippen LogP contribution in [0.4, 0.5) is 18.9 Å². The van der Waals surface area contributed by atoms with Crippen LogP contribution in [0.5, 0.6) is 5.75 Å². The second-order valence-corrected chi connectivity index (χ2v) is 4.43. The van der Waals surface area contributed by atoms with Gasteiger partial charge in [0.25, 0.3) is 6.73 Å². The molecule has 2 aromatic rings. The molecule has 0 unspecified atom stereocenters. The molecule has 0 saturated carbocycles. The first-order valence-corrected chi connectivity index (χ1v) is 6.05. The molecule has 1 aliphatic heterocycles. The van der Waals surface area contributed by atoms with E-state index >= 15 is 0 Å². The van der Waals surface area contributed by atoms with Crippen molar-refractivity contribution in [3.8, 4) is 5.75 Å². The summed E-state index contributed by atoms with van der Waals surface area (Å²) in [4.78, 5) is 0. The van der Waals surface area contributed by atoms with Crippen molar-refractivity contribution < 1.29 is 22.5 Å². The fraction of sp³-hybridized carbons (Fsp3) is 0.133. The summed E-state index contributed by atoms with van der Waals surface area (Å²) in [6.45, 7) is 0.0596. The minimum atomic E-state index is -4.41. The van der Waals surface area contributed by atoms with Gasteiger partial charge in [0.1, 0.15) is 0 Å². The summed E-state index contributed by atoms with van der Waals surface area (Å²) in [5.74, 6) is -0.104. The number of benzene rings is 2. The lowest BCUT2D eigenvalue weighted by molar-refractivity contribution is -0.476. The first-order valence-electron chi connectivity index (χ1n) is 6.05. The van der Waals surface area contributed by atoms with Crippen molar-refractivity contribution in [2.24, 2.45) is 0 Å². The van der Waals surface area contributed by atoms with Crippen molar-refractivity contribution in [3.05, 3.63) is 59.7 Å². The molecule has 0 N–H and O–H groups in total. The minimum Gasteiger partial charge on any atom is -0.434 e. The zero-order valence-corrected chi connectivity index (χ0v) is 10.4. The molecule has 1 heterocycles. The third-order valence-corrected chi connectivity index (χ3v) is 3.08. The summed E-state index contributed by atoms with van der Waals surface area (Å²) in [5, 5.41) is 0. The van der Waals surface area contributed by atoms with Crippen LogP contribution in [0.1, 0.15) is 11.1 Å². The smallest absolute Gasteiger partial charge is 0.419 e. The average molecular weight is 278 g/mol. The van der Waals surface area contributed by atoms with Crippen LogP contribution in [-0.4, -0.2) is 17.5 Å². The SMILES string of the molecule is FC(F)(F)c1cccc2c1OC[N+](c1ccccc1)=C2. The van der Waals surface area contributed by atoms with E-state index in [1.165, 1.54) is 6.07 Å². The Hall–Kier alpha value is -2.30. The molecular formula is C15H11F3NO+. The van der Waals surface area contributed by atoms with Gasteiger partial charge in [0, 0.05) is 12.1 Å². The molecule has 0 bridgehead atoms. The van der Waals surface area contributed by atoms with Gasteiger partial charge in [-0.05, 0) is 12.1 Å². The molecule has 0 radical (unpaired) electrons. The van der Waals surface area contributed by atoms with Crippen LogP contribution in [0.2, 0.25) is 0 Å². The van der Waals surface area contributed by atoms with E-state index in [0.29, 0.717) is 5.56 Å². The van der Waals surface area contributed by atoms with Crippen LogP contribution in [0, 0.1) is 0 Å². The van der Waals surface area contributed by atoms with E-state index in [1.807, 2.05) is 30.3 Å². The van der Waals surface area contributed by atoms with E-state index in [2.05, 4.69) is 0 Å². The number of nitrogens with zero attached hydrogens (tertiary/aromatic N) is 1. The molecule has 20 heavy (non-hydrogen) atoms. The van der Waals surface area contributed by atoms with E-state index in [-0.39, 0.29) is 12.5 Å². The number of fused-ring (bicyclic) bond motifs is 1. The Morgan fingerprint density at radius 1 is 0.950 bits per heavy atom. The van der Waals surface area contributed by atoms with Gasteiger partial charge in [-0.3, -0.25) is 0 Å². The lowest BCUT2D eigenvalue weighted by Gasteiger charge is -2.18. The summed E-state index contributed by atoms with van der Waals surface area (Å²) >= 11 is 0. The molecule has 0 amide bonds. The largest absolute Gasteiger partial charge is 0.434 e. The molecule has 0 spiro atoms. The van der Waals surface area contributed by atoms with Crippen molar-refractivity contribution in [2.75, 3.05) is 6.73 Å². The Bertz CT molecular complexity index is 663. The molecule has 0 saturated heterocycles. The summed E-state index contributed by atoms with van der Waals surface area (Å²) in [6, 6.07) is 13.4. The van der Waals surface area contributed by atoms with Gasteiger partial charge in [-0.2, -0.15) is 17.7 Å². The highest BCUT2D eigenvalue weighted by Crippen LogP contribution is 2.38. The van der Waals surface area contributed by atoms with E-state index in [1.54, 1.807) is 16.9 Å². The first kappa shape index (κ1) is 12.7. The van der Waals surface area contributed by atoms with Crippen molar-refractivity contribution in [3.63, 3.8) is 0 Å². The number of alkyl halides is 3. The second kappa shape index (κ2) is 4.67. The van der Waals surface area contributed by atoms with Crippen molar-refractivity contribution >= 4 is 11.9 Å². The Labute approximate surface area is 113 Å². The molecule has 5 heteroatoms. The Kier molecular flexibility index (Phi) is 2.97. The highest BCUT2D eigenvalue weighted by Gasteiger charge is 2.37. The molecular weight excluding hydrogens is 267 g/mol. The lowest BCUT2D eigenvalue weighted by atomic mass is 10.1. The van der Waals surface area contributed by atoms with Gasteiger partial charge in [0.2, 0.25) is 5.69 Å². The molecule has 0 aliphatic carbocycles. The number of para-hydroxylation sites is 2. The van der Waals surface area contributed by atoms with Gasteiger partial charge in [-0.15, -0.1) is 0 Å². The van der Waals surface area contributed by atoms with Crippen LogP contribution in [0.3, 0.4) is 0 Å². The molecule has 0 aromatic heterocycles. The normalized spacial score (nSPS) is 14.2. The zero-order valence-electron chi connectivity index (χ0n) is 10.4. The summed E-state index contributed by atoms with van der Waals surface area (Å²) in [7, 11) is 0. The van der Waals surface area contributed by atoms with Gasteiger partial charge in [-0.1, -0.05) is 24.3 Å². The highest BCUT2D eigenvalue weighted by atomic mass is 19.4. The quantitative estimate of drug-likeness (QED) is 0.722. The first-order chi connectivity index (χ1) is 9.55. The van der Waals surface area contributed by atoms with E-state index < -0.39 is 11.7 Å². The maximum atomic E-state index is 12.9. The van der Waals surface area contributed by atoms with Gasteiger partial charge in [0.05, 0.1) is 11.1 Å². The molecule has 0 fully saturated rings. The van der Waals surface area contributed by atoms with Crippen molar-refractivity contribution in [2.45, 2.75) is 6.18 Å². The summed E-state index contributed by atoms with van der Waals surface area (Å²) < 4.78 is 45.8. The van der Waals surface area contributed by atoms with E-state index in [0.717, 1.165) is 11.8 Å². The average Bonchev–Trinajstić information content (AvgIpc) is 2.46. The fourth-order valence-corrected chi connectivity index (χ4v) is 2.15. The fourth-order valence-electron chi connectivity index (χ4n) is 2.15. The van der Waals surface area contributed by atoms with E-state index in [4.69, 9.17) is 4.74 Å². The molecule has 1 aliphatic rings. The number of hydrogen-bond donors (Lipinski definition) is 0. The van der Waals surface area contributed by atoms with Gasteiger partial charge < -0.3 is 4.74 Å². The highest BCUT2D eigenvalue weighted by molar-refractivity contribution is 5.82. The monoisotopic (exact) mass is 278 g/mol. The van der Waals surface area contributed by atoms with Crippen LogP contribution in [-0.2, 0) is 6.18 Å². The Morgan fingerprint density at radius 3 is 2.40 bits per heavy atom. The number of rotatable bonds is 1. The van der Waals surface area contributed by atoms with Crippen LogP contribution in [0.15, 0.2) is 48.5 Å².